The zero-order chi connectivity index (χ0) is 14.7. The smallest absolute Gasteiger partial charge is 0.222 e. The molecule has 4 heteroatoms. The maximum absolute atomic E-state index is 5.90. The molecule has 0 spiro atoms. The maximum atomic E-state index is 5.90. The Morgan fingerprint density at radius 1 is 1.19 bits per heavy atom. The molecule has 1 atom stereocenters. The summed E-state index contributed by atoms with van der Waals surface area (Å²) in [5, 5.41) is 1.11. The van der Waals surface area contributed by atoms with Crippen LogP contribution in [0.25, 0.3) is 10.9 Å². The molecule has 21 heavy (non-hydrogen) atoms. The first kappa shape index (κ1) is 14.1. The number of hydrogen-bond donors (Lipinski definition) is 1. The SMILES string of the molecule is CCCC1CCCN(c2nc(N)nc3ccccc23)CC1. The number of aromatic nitrogens is 2. The normalized spacial score (nSPS) is 19.7. The quantitative estimate of drug-likeness (QED) is 0.935. The van der Waals surface area contributed by atoms with E-state index in [2.05, 4.69) is 27.9 Å². The predicted molar refractivity (Wildman–Crippen MR) is 88.4 cm³/mol. The Hall–Kier alpha value is -1.84. The topological polar surface area (TPSA) is 55.0 Å². The Bertz CT molecular complexity index is 611. The second kappa shape index (κ2) is 6.29. The third-order valence-corrected chi connectivity index (χ3v) is 4.44. The van der Waals surface area contributed by atoms with Crippen molar-refractivity contribution in [2.75, 3.05) is 23.7 Å². The van der Waals surface area contributed by atoms with Gasteiger partial charge in [-0.2, -0.15) is 4.98 Å². The molecule has 0 saturated carbocycles. The third kappa shape index (κ3) is 3.09. The minimum absolute atomic E-state index is 0.373. The van der Waals surface area contributed by atoms with Crippen molar-refractivity contribution in [3.8, 4) is 0 Å². The van der Waals surface area contributed by atoms with Crippen LogP contribution in [0.2, 0.25) is 0 Å². The second-order valence-corrected chi connectivity index (χ2v) is 6.00. The Morgan fingerprint density at radius 2 is 2.05 bits per heavy atom. The summed E-state index contributed by atoms with van der Waals surface area (Å²) in [4.78, 5) is 11.3. The average Bonchev–Trinajstić information content (AvgIpc) is 2.72. The Morgan fingerprint density at radius 3 is 2.90 bits per heavy atom. The van der Waals surface area contributed by atoms with Crippen LogP contribution >= 0.6 is 0 Å². The summed E-state index contributed by atoms with van der Waals surface area (Å²) < 4.78 is 0. The van der Waals surface area contributed by atoms with Crippen LogP contribution in [0.4, 0.5) is 11.8 Å². The van der Waals surface area contributed by atoms with Gasteiger partial charge in [0.25, 0.3) is 0 Å². The van der Waals surface area contributed by atoms with Crippen LogP contribution in [-0.2, 0) is 0 Å². The van der Waals surface area contributed by atoms with E-state index >= 15 is 0 Å². The fourth-order valence-electron chi connectivity index (χ4n) is 3.39. The summed E-state index contributed by atoms with van der Waals surface area (Å²) in [6.45, 7) is 4.42. The molecule has 2 N–H and O–H groups in total. The van der Waals surface area contributed by atoms with Crippen LogP contribution in [0.5, 0.6) is 0 Å². The first-order chi connectivity index (χ1) is 10.3. The van der Waals surface area contributed by atoms with Crippen LogP contribution in [-0.4, -0.2) is 23.1 Å². The van der Waals surface area contributed by atoms with E-state index in [1.807, 2.05) is 18.2 Å². The second-order valence-electron chi connectivity index (χ2n) is 6.00. The van der Waals surface area contributed by atoms with Crippen LogP contribution in [0, 0.1) is 5.92 Å². The van der Waals surface area contributed by atoms with Crippen LogP contribution in [0.15, 0.2) is 24.3 Å². The largest absolute Gasteiger partial charge is 0.368 e. The average molecular weight is 284 g/mol. The highest BCUT2D eigenvalue weighted by molar-refractivity contribution is 5.90. The van der Waals surface area contributed by atoms with Crippen molar-refractivity contribution in [3.05, 3.63) is 24.3 Å². The Kier molecular flexibility index (Phi) is 4.23. The van der Waals surface area contributed by atoms with E-state index in [1.165, 1.54) is 32.1 Å². The van der Waals surface area contributed by atoms with Gasteiger partial charge >= 0.3 is 0 Å². The summed E-state index contributed by atoms with van der Waals surface area (Å²) in [6.07, 6.45) is 6.46. The molecule has 0 bridgehead atoms. The van der Waals surface area contributed by atoms with Crippen molar-refractivity contribution in [1.29, 1.82) is 0 Å². The highest BCUT2D eigenvalue weighted by atomic mass is 15.2. The highest BCUT2D eigenvalue weighted by Crippen LogP contribution is 2.29. The number of nitrogens with zero attached hydrogens (tertiary/aromatic N) is 3. The number of para-hydroxylation sites is 1. The van der Waals surface area contributed by atoms with Gasteiger partial charge in [-0.25, -0.2) is 4.98 Å². The van der Waals surface area contributed by atoms with Crippen LogP contribution in [0.3, 0.4) is 0 Å². The van der Waals surface area contributed by atoms with E-state index in [4.69, 9.17) is 5.73 Å². The Balaban J connectivity index is 1.89. The number of fused-ring (bicyclic) bond motifs is 1. The van der Waals surface area contributed by atoms with Gasteiger partial charge in [-0.15, -0.1) is 0 Å². The van der Waals surface area contributed by atoms with Gasteiger partial charge in [0, 0.05) is 18.5 Å². The number of anilines is 2. The molecular weight excluding hydrogens is 260 g/mol. The number of nitrogens with two attached hydrogens (primary N) is 1. The lowest BCUT2D eigenvalue weighted by Crippen LogP contribution is -2.26. The molecule has 0 amide bonds. The van der Waals surface area contributed by atoms with Gasteiger partial charge in [0.05, 0.1) is 5.52 Å². The third-order valence-electron chi connectivity index (χ3n) is 4.44. The van der Waals surface area contributed by atoms with Crippen LogP contribution < -0.4 is 10.6 Å². The summed E-state index contributed by atoms with van der Waals surface area (Å²) >= 11 is 0. The fourth-order valence-corrected chi connectivity index (χ4v) is 3.39. The molecule has 2 aromatic rings. The molecular formula is C17H24N4. The molecule has 1 fully saturated rings. The van der Waals surface area contributed by atoms with E-state index in [9.17, 15) is 0 Å². The molecule has 1 aromatic carbocycles. The van der Waals surface area contributed by atoms with Crippen molar-refractivity contribution in [2.45, 2.75) is 39.0 Å². The number of hydrogen-bond acceptors (Lipinski definition) is 4. The van der Waals surface area contributed by atoms with Gasteiger partial charge in [0.15, 0.2) is 0 Å². The standard InChI is InChI=1S/C17H24N4/c1-2-6-13-7-5-11-21(12-10-13)16-14-8-3-4-9-15(14)19-17(18)20-16/h3-4,8-9,13H,2,5-7,10-12H2,1H3,(H2,18,19,20). The minimum atomic E-state index is 0.373. The lowest BCUT2D eigenvalue weighted by molar-refractivity contribution is 0.435. The zero-order valence-corrected chi connectivity index (χ0v) is 12.8. The van der Waals surface area contributed by atoms with Gasteiger partial charge < -0.3 is 10.6 Å². The molecule has 112 valence electrons. The zero-order valence-electron chi connectivity index (χ0n) is 12.8. The van der Waals surface area contributed by atoms with Gasteiger partial charge in [0.2, 0.25) is 5.95 Å². The van der Waals surface area contributed by atoms with E-state index in [0.717, 1.165) is 35.7 Å². The summed E-state index contributed by atoms with van der Waals surface area (Å²) in [5.74, 6) is 2.25. The summed E-state index contributed by atoms with van der Waals surface area (Å²) in [7, 11) is 0. The number of nitrogen functional groups attached to an aromatic ring is 1. The number of rotatable bonds is 3. The molecule has 3 rings (SSSR count). The number of benzene rings is 1. The molecule has 0 aliphatic carbocycles. The van der Waals surface area contributed by atoms with E-state index in [1.54, 1.807) is 0 Å². The summed E-state index contributed by atoms with van der Waals surface area (Å²) in [5.41, 5.74) is 6.84. The fraction of sp³-hybridized carbons (Fsp3) is 0.529. The molecule has 4 nitrogen and oxygen atoms in total. The van der Waals surface area contributed by atoms with E-state index < -0.39 is 0 Å². The first-order valence-corrected chi connectivity index (χ1v) is 8.05. The van der Waals surface area contributed by atoms with Crippen molar-refractivity contribution >= 4 is 22.7 Å². The molecule has 1 unspecified atom stereocenters. The van der Waals surface area contributed by atoms with E-state index in [0.29, 0.717) is 5.95 Å². The summed E-state index contributed by atoms with van der Waals surface area (Å²) in [6, 6.07) is 8.15. The molecule has 0 radical (unpaired) electrons. The molecule has 1 aliphatic rings. The van der Waals surface area contributed by atoms with Crippen molar-refractivity contribution < 1.29 is 0 Å². The van der Waals surface area contributed by atoms with Gasteiger partial charge in [-0.3, -0.25) is 0 Å². The molecule has 1 aliphatic heterocycles. The monoisotopic (exact) mass is 284 g/mol. The maximum Gasteiger partial charge on any atom is 0.222 e. The predicted octanol–water partition coefficient (Wildman–Crippen LogP) is 3.62. The van der Waals surface area contributed by atoms with Crippen molar-refractivity contribution in [1.82, 2.24) is 9.97 Å². The lowest BCUT2D eigenvalue weighted by atomic mass is 9.96. The van der Waals surface area contributed by atoms with Gasteiger partial charge in [-0.1, -0.05) is 31.9 Å². The van der Waals surface area contributed by atoms with Gasteiger partial charge in [-0.05, 0) is 37.3 Å². The van der Waals surface area contributed by atoms with Crippen molar-refractivity contribution in [2.24, 2.45) is 5.92 Å². The highest BCUT2D eigenvalue weighted by Gasteiger charge is 2.19. The van der Waals surface area contributed by atoms with E-state index in [-0.39, 0.29) is 0 Å². The molecule has 1 saturated heterocycles. The van der Waals surface area contributed by atoms with Gasteiger partial charge in [0.1, 0.15) is 5.82 Å². The Labute approximate surface area is 126 Å². The van der Waals surface area contributed by atoms with Crippen molar-refractivity contribution in [3.63, 3.8) is 0 Å². The molecule has 1 aromatic heterocycles. The lowest BCUT2D eigenvalue weighted by Gasteiger charge is -2.23. The first-order valence-electron chi connectivity index (χ1n) is 8.05. The van der Waals surface area contributed by atoms with Crippen LogP contribution in [0.1, 0.15) is 39.0 Å². The molecule has 2 heterocycles. The minimum Gasteiger partial charge on any atom is -0.368 e.